The van der Waals surface area contributed by atoms with Crippen molar-refractivity contribution in [3.05, 3.63) is 80.0 Å². The van der Waals surface area contributed by atoms with E-state index in [1.165, 1.54) is 43.5 Å². The molecule has 0 saturated carbocycles. The Morgan fingerprint density at radius 1 is 0.815 bits per heavy atom. The van der Waals surface area contributed by atoms with Crippen LogP contribution in [0.3, 0.4) is 0 Å². The molecule has 0 amide bonds. The first-order chi connectivity index (χ1) is 12.3. The molecule has 4 rings (SSSR count). The van der Waals surface area contributed by atoms with Gasteiger partial charge in [0.2, 0.25) is 0 Å². The molecule has 4 aliphatic carbocycles. The summed E-state index contributed by atoms with van der Waals surface area (Å²) in [5.74, 6) is 0.410. The van der Waals surface area contributed by atoms with Crippen LogP contribution in [0.4, 0.5) is 0 Å². The zero-order valence-corrected chi connectivity index (χ0v) is 19.5. The van der Waals surface area contributed by atoms with Gasteiger partial charge in [0, 0.05) is 15.8 Å². The van der Waals surface area contributed by atoms with E-state index in [1.807, 2.05) is 0 Å². The fourth-order valence-corrected chi connectivity index (χ4v) is 6.11. The number of halogens is 1. The van der Waals surface area contributed by atoms with Crippen LogP contribution in [-0.2, 0) is 0 Å². The summed E-state index contributed by atoms with van der Waals surface area (Å²) in [5, 5.41) is 0. The predicted molar refractivity (Wildman–Crippen MR) is 121 cm³/mol. The van der Waals surface area contributed by atoms with Gasteiger partial charge < -0.3 is 0 Å². The summed E-state index contributed by atoms with van der Waals surface area (Å²) in [6.45, 7) is 18.6. The lowest BCUT2D eigenvalue weighted by Gasteiger charge is -2.52. The van der Waals surface area contributed by atoms with Crippen molar-refractivity contribution in [3.8, 4) is 0 Å². The van der Waals surface area contributed by atoms with Crippen LogP contribution < -0.4 is 0 Å². The predicted octanol–water partition coefficient (Wildman–Crippen LogP) is 7.98. The van der Waals surface area contributed by atoms with Crippen molar-refractivity contribution in [2.75, 3.05) is 0 Å². The van der Waals surface area contributed by atoms with Crippen molar-refractivity contribution in [2.45, 2.75) is 55.4 Å². The lowest BCUT2D eigenvalue weighted by Crippen LogP contribution is -2.41. The van der Waals surface area contributed by atoms with Gasteiger partial charge in [-0.3, -0.25) is 0 Å². The Bertz CT molecular complexity index is 955. The minimum Gasteiger partial charge on any atom is -0.0580 e. The Hall–Kier alpha value is -1.34. The molecule has 4 aliphatic rings. The van der Waals surface area contributed by atoms with Gasteiger partial charge in [0.05, 0.1) is 0 Å². The molecule has 0 bridgehead atoms. The van der Waals surface area contributed by atoms with Crippen LogP contribution in [0.5, 0.6) is 0 Å². The van der Waals surface area contributed by atoms with Gasteiger partial charge >= 0.3 is 0 Å². The molecule has 0 aromatic rings. The van der Waals surface area contributed by atoms with Crippen molar-refractivity contribution in [3.63, 3.8) is 0 Å². The zero-order chi connectivity index (χ0) is 19.9. The fraction of sp³-hybridized carbons (Fsp3) is 0.462. The molecule has 0 saturated heterocycles. The van der Waals surface area contributed by atoms with Gasteiger partial charge in [-0.05, 0) is 62.8 Å². The van der Waals surface area contributed by atoms with E-state index in [-0.39, 0.29) is 16.2 Å². The number of rotatable bonds is 0. The molecule has 0 radical (unpaired) electrons. The van der Waals surface area contributed by atoms with Crippen LogP contribution >= 0.6 is 15.9 Å². The highest BCUT2D eigenvalue weighted by Gasteiger charge is 2.51. The minimum atomic E-state index is 0.00223. The van der Waals surface area contributed by atoms with Gasteiger partial charge in [0.1, 0.15) is 0 Å². The van der Waals surface area contributed by atoms with Crippen LogP contribution in [0.15, 0.2) is 80.0 Å². The molecule has 0 nitrogen and oxygen atoms in total. The molecule has 0 aromatic heterocycles. The Morgan fingerprint density at radius 3 is 2.07 bits per heavy atom. The highest BCUT2D eigenvalue weighted by atomic mass is 79.9. The number of allylic oxidation sites excluding steroid dienone is 14. The van der Waals surface area contributed by atoms with E-state index in [1.54, 1.807) is 0 Å². The number of hydrogen-bond donors (Lipinski definition) is 0. The van der Waals surface area contributed by atoms with Gasteiger partial charge in [0.25, 0.3) is 0 Å². The molecule has 2 atom stereocenters. The molecule has 0 heterocycles. The number of hydrogen-bond acceptors (Lipinski definition) is 0. The van der Waals surface area contributed by atoms with E-state index in [0.29, 0.717) is 5.92 Å². The van der Waals surface area contributed by atoms with Crippen molar-refractivity contribution in [2.24, 2.45) is 22.2 Å². The maximum absolute atomic E-state index is 3.95. The lowest BCUT2D eigenvalue weighted by atomic mass is 9.52. The standard InChI is InChI=1S/C26H31Br/c1-15-19-10-9-16-11-18(24(2,3)4)12-17-13-22(27)21(26(19,8)23(16)17)14-20(15)25(5,6)7/h9-14,23H,1-8H3/t23-,26-/m1/s1. The van der Waals surface area contributed by atoms with Crippen LogP contribution in [-0.4, -0.2) is 0 Å². The monoisotopic (exact) mass is 422 g/mol. The molecule has 0 aromatic carbocycles. The van der Waals surface area contributed by atoms with E-state index in [4.69, 9.17) is 0 Å². The second kappa shape index (κ2) is 5.60. The average molecular weight is 423 g/mol. The Labute approximate surface area is 173 Å². The molecular formula is C26H31Br. The molecule has 1 heteroatoms. The van der Waals surface area contributed by atoms with Crippen LogP contribution in [0.1, 0.15) is 55.4 Å². The summed E-state index contributed by atoms with van der Waals surface area (Å²) >= 11 is 3.95. The molecule has 0 fully saturated rings. The topological polar surface area (TPSA) is 0 Å². The molecule has 142 valence electrons. The van der Waals surface area contributed by atoms with E-state index < -0.39 is 0 Å². The van der Waals surface area contributed by atoms with Crippen LogP contribution in [0.25, 0.3) is 0 Å². The quantitative estimate of drug-likeness (QED) is 0.370. The fourth-order valence-electron chi connectivity index (χ4n) is 5.32. The van der Waals surface area contributed by atoms with Crippen LogP contribution in [0, 0.1) is 22.2 Å². The van der Waals surface area contributed by atoms with Gasteiger partial charge in [-0.25, -0.2) is 0 Å². The maximum Gasteiger partial charge on any atom is 0.0297 e. The van der Waals surface area contributed by atoms with Crippen molar-refractivity contribution < 1.29 is 0 Å². The highest BCUT2D eigenvalue weighted by molar-refractivity contribution is 9.11. The maximum atomic E-state index is 3.95. The van der Waals surface area contributed by atoms with Crippen LogP contribution in [0.2, 0.25) is 0 Å². The average Bonchev–Trinajstić information content (AvgIpc) is 2.51. The zero-order valence-electron chi connectivity index (χ0n) is 17.9. The summed E-state index contributed by atoms with van der Waals surface area (Å²) in [6.07, 6.45) is 14.5. The molecular weight excluding hydrogens is 392 g/mol. The summed E-state index contributed by atoms with van der Waals surface area (Å²) in [5.41, 5.74) is 10.4. The summed E-state index contributed by atoms with van der Waals surface area (Å²) in [4.78, 5) is 0. The molecule has 0 N–H and O–H groups in total. The van der Waals surface area contributed by atoms with Gasteiger partial charge in [-0.1, -0.05) is 94.8 Å². The van der Waals surface area contributed by atoms with Crippen molar-refractivity contribution in [1.29, 1.82) is 0 Å². The summed E-state index contributed by atoms with van der Waals surface area (Å²) < 4.78 is 1.24. The van der Waals surface area contributed by atoms with Crippen molar-refractivity contribution in [1.82, 2.24) is 0 Å². The first kappa shape index (κ1) is 19.0. The second-order valence-corrected chi connectivity index (χ2v) is 11.6. The minimum absolute atomic E-state index is 0.00223. The Kier molecular flexibility index (Phi) is 3.94. The van der Waals surface area contributed by atoms with E-state index in [2.05, 4.69) is 108 Å². The third-order valence-corrected chi connectivity index (χ3v) is 7.43. The second-order valence-electron chi connectivity index (χ2n) is 10.7. The first-order valence-corrected chi connectivity index (χ1v) is 10.8. The largest absolute Gasteiger partial charge is 0.0580 e. The Morgan fingerprint density at radius 2 is 1.48 bits per heavy atom. The normalized spacial score (nSPS) is 29.9. The highest BCUT2D eigenvalue weighted by Crippen LogP contribution is 2.62. The third-order valence-electron chi connectivity index (χ3n) is 6.77. The molecule has 0 aliphatic heterocycles. The third kappa shape index (κ3) is 2.61. The van der Waals surface area contributed by atoms with E-state index >= 15 is 0 Å². The molecule has 0 unspecified atom stereocenters. The van der Waals surface area contributed by atoms with Crippen molar-refractivity contribution >= 4 is 15.9 Å². The van der Waals surface area contributed by atoms with E-state index in [9.17, 15) is 0 Å². The Balaban J connectivity index is 2.04. The SMILES string of the molecule is CC1=C2C=CC3=CC(C(C)(C)C)=CC4=CC(Br)=C(C=C1C(C)(C)C)[C@]2(C)[C@H]34. The molecule has 0 spiro atoms. The smallest absolute Gasteiger partial charge is 0.0297 e. The first-order valence-electron chi connectivity index (χ1n) is 10.0. The van der Waals surface area contributed by atoms with Gasteiger partial charge in [-0.2, -0.15) is 0 Å². The van der Waals surface area contributed by atoms with E-state index in [0.717, 1.165) is 0 Å². The lowest BCUT2D eigenvalue weighted by molar-refractivity contribution is 0.367. The summed E-state index contributed by atoms with van der Waals surface area (Å²) in [6, 6.07) is 0. The van der Waals surface area contributed by atoms with Gasteiger partial charge in [-0.15, -0.1) is 0 Å². The van der Waals surface area contributed by atoms with Gasteiger partial charge in [0.15, 0.2) is 0 Å². The molecule has 27 heavy (non-hydrogen) atoms. The summed E-state index contributed by atoms with van der Waals surface area (Å²) in [7, 11) is 0.